The molecule has 1 aliphatic heterocycles. The Kier molecular flexibility index (Phi) is 8.43. The lowest BCUT2D eigenvalue weighted by Crippen LogP contribution is -2.52. The Morgan fingerprint density at radius 2 is 1.86 bits per heavy atom. The van der Waals surface area contributed by atoms with E-state index in [-0.39, 0.29) is 11.9 Å². The third-order valence-electron chi connectivity index (χ3n) is 8.49. The molecule has 1 aromatic rings. The van der Waals surface area contributed by atoms with Gasteiger partial charge in [0.25, 0.3) is 0 Å². The van der Waals surface area contributed by atoms with Crippen LogP contribution in [0.4, 0.5) is 10.5 Å². The van der Waals surface area contributed by atoms with Crippen LogP contribution >= 0.6 is 11.6 Å². The predicted octanol–water partition coefficient (Wildman–Crippen LogP) is 5.50. The third-order valence-corrected chi connectivity index (χ3v) is 8.75. The first-order chi connectivity index (χ1) is 16.8. The van der Waals surface area contributed by atoms with Crippen LogP contribution < -0.4 is 5.32 Å². The van der Waals surface area contributed by atoms with Crippen LogP contribution in [0.5, 0.6) is 0 Å². The summed E-state index contributed by atoms with van der Waals surface area (Å²) < 4.78 is 0. The van der Waals surface area contributed by atoms with Crippen LogP contribution in [0, 0.1) is 17.3 Å². The number of hydrogen-bond donors (Lipinski definition) is 1. The zero-order chi connectivity index (χ0) is 25.0. The zero-order valence-electron chi connectivity index (χ0n) is 21.6. The fourth-order valence-electron chi connectivity index (χ4n) is 5.83. The van der Waals surface area contributed by atoms with Crippen molar-refractivity contribution < 1.29 is 9.59 Å². The van der Waals surface area contributed by atoms with Crippen LogP contribution in [0.3, 0.4) is 0 Å². The SMILES string of the molecule is CCCCC(=O)N(CCN1CCN(C(=O)Nc2ccc(Cl)cc2)CC1)CC1=CCC2CC1C2(C)C. The standard InChI is InChI=1S/C28H41ClN4O2/c1-4-5-6-26(34)33(20-21-7-8-22-19-25(21)28(22,2)3)18-15-31-13-16-32(17-14-31)27(35)30-24-11-9-23(29)10-12-24/h7,9-12,22,25H,4-6,8,13-20H2,1-3H3,(H,30,35). The van der Waals surface area contributed by atoms with E-state index < -0.39 is 0 Å². The molecule has 2 atom stereocenters. The first-order valence-corrected chi connectivity index (χ1v) is 13.7. The van der Waals surface area contributed by atoms with Gasteiger partial charge in [-0.2, -0.15) is 0 Å². The second kappa shape index (κ2) is 11.3. The van der Waals surface area contributed by atoms with Crippen LogP contribution in [0.15, 0.2) is 35.9 Å². The maximum atomic E-state index is 13.1. The number of fused-ring (bicyclic) bond motifs is 1. The summed E-state index contributed by atoms with van der Waals surface area (Å²) >= 11 is 5.93. The Morgan fingerprint density at radius 3 is 2.49 bits per heavy atom. The summed E-state index contributed by atoms with van der Waals surface area (Å²) in [7, 11) is 0. The molecule has 0 radical (unpaired) electrons. The van der Waals surface area contributed by atoms with Crippen molar-refractivity contribution in [1.29, 1.82) is 0 Å². The average molecular weight is 501 g/mol. The highest BCUT2D eigenvalue weighted by Crippen LogP contribution is 2.59. The van der Waals surface area contributed by atoms with Crippen molar-refractivity contribution in [3.05, 3.63) is 40.9 Å². The van der Waals surface area contributed by atoms with Gasteiger partial charge in [-0.15, -0.1) is 0 Å². The normalized spacial score (nSPS) is 23.3. The van der Waals surface area contributed by atoms with Crippen LogP contribution in [-0.4, -0.2) is 72.5 Å². The van der Waals surface area contributed by atoms with E-state index in [1.165, 1.54) is 12.0 Å². The van der Waals surface area contributed by atoms with Crippen molar-refractivity contribution in [2.75, 3.05) is 51.1 Å². The van der Waals surface area contributed by atoms with E-state index in [0.29, 0.717) is 35.9 Å². The Bertz CT molecular complexity index is 921. The second-order valence-electron chi connectivity index (χ2n) is 11.0. The van der Waals surface area contributed by atoms with Gasteiger partial charge in [0.2, 0.25) is 5.91 Å². The van der Waals surface area contributed by atoms with E-state index >= 15 is 0 Å². The molecule has 0 aromatic heterocycles. The van der Waals surface area contributed by atoms with Gasteiger partial charge in [0.15, 0.2) is 0 Å². The lowest BCUT2D eigenvalue weighted by atomic mass is 9.49. The van der Waals surface area contributed by atoms with Gasteiger partial charge in [-0.3, -0.25) is 9.69 Å². The van der Waals surface area contributed by atoms with Crippen molar-refractivity contribution in [2.45, 2.75) is 52.9 Å². The second-order valence-corrected chi connectivity index (χ2v) is 11.4. The van der Waals surface area contributed by atoms with E-state index in [4.69, 9.17) is 11.6 Å². The van der Waals surface area contributed by atoms with Gasteiger partial charge >= 0.3 is 6.03 Å². The van der Waals surface area contributed by atoms with Gasteiger partial charge in [-0.05, 0) is 60.8 Å². The van der Waals surface area contributed by atoms with Crippen molar-refractivity contribution in [1.82, 2.24) is 14.7 Å². The fourth-order valence-corrected chi connectivity index (χ4v) is 5.95. The number of allylic oxidation sites excluding steroid dienone is 1. The fraction of sp³-hybridized carbons (Fsp3) is 0.643. The average Bonchev–Trinajstić information content (AvgIpc) is 2.86. The number of carbonyl (C=O) groups is 2. The van der Waals surface area contributed by atoms with E-state index in [1.54, 1.807) is 12.1 Å². The van der Waals surface area contributed by atoms with Crippen LogP contribution in [-0.2, 0) is 4.79 Å². The molecule has 1 aromatic carbocycles. The van der Waals surface area contributed by atoms with Crippen molar-refractivity contribution in [3.8, 4) is 0 Å². The number of unbranched alkanes of at least 4 members (excludes halogenated alkanes) is 1. The third kappa shape index (κ3) is 6.21. The van der Waals surface area contributed by atoms with Gasteiger partial charge in [0, 0.05) is 62.9 Å². The first kappa shape index (κ1) is 26.0. The monoisotopic (exact) mass is 500 g/mol. The Labute approximate surface area is 215 Å². The number of hydrogen-bond acceptors (Lipinski definition) is 3. The summed E-state index contributed by atoms with van der Waals surface area (Å²) in [6.45, 7) is 12.3. The van der Waals surface area contributed by atoms with Crippen molar-refractivity contribution >= 4 is 29.2 Å². The van der Waals surface area contributed by atoms with Crippen molar-refractivity contribution in [3.63, 3.8) is 0 Å². The smallest absolute Gasteiger partial charge is 0.321 e. The lowest BCUT2D eigenvalue weighted by molar-refractivity contribution is -0.131. The minimum atomic E-state index is -0.0750. The minimum Gasteiger partial charge on any atom is -0.337 e. The molecular weight excluding hydrogens is 460 g/mol. The number of benzene rings is 1. The summed E-state index contributed by atoms with van der Waals surface area (Å²) in [6, 6.07) is 7.10. The van der Waals surface area contributed by atoms with Crippen LogP contribution in [0.25, 0.3) is 0 Å². The van der Waals surface area contributed by atoms with Crippen LogP contribution in [0.2, 0.25) is 5.02 Å². The van der Waals surface area contributed by atoms with Gasteiger partial charge < -0.3 is 15.1 Å². The van der Waals surface area contributed by atoms with Crippen LogP contribution in [0.1, 0.15) is 52.9 Å². The predicted molar refractivity (Wildman–Crippen MR) is 143 cm³/mol. The number of carbonyl (C=O) groups excluding carboxylic acids is 2. The molecule has 192 valence electrons. The van der Waals surface area contributed by atoms with E-state index in [2.05, 4.69) is 42.0 Å². The Morgan fingerprint density at radius 1 is 1.14 bits per heavy atom. The molecule has 1 saturated heterocycles. The minimum absolute atomic E-state index is 0.0750. The quantitative estimate of drug-likeness (QED) is 0.455. The number of halogens is 1. The highest BCUT2D eigenvalue weighted by Gasteiger charge is 2.51. The highest BCUT2D eigenvalue weighted by atomic mass is 35.5. The summed E-state index contributed by atoms with van der Waals surface area (Å²) in [5.41, 5.74) is 2.61. The number of piperazine rings is 1. The number of anilines is 1. The highest BCUT2D eigenvalue weighted by molar-refractivity contribution is 6.30. The summed E-state index contributed by atoms with van der Waals surface area (Å²) in [5.74, 6) is 1.73. The molecule has 0 spiro atoms. The largest absolute Gasteiger partial charge is 0.337 e. The van der Waals surface area contributed by atoms with Gasteiger partial charge in [-0.25, -0.2) is 4.79 Å². The van der Waals surface area contributed by atoms with E-state index in [1.807, 2.05) is 17.0 Å². The number of rotatable bonds is 9. The molecule has 2 bridgehead atoms. The molecule has 6 nitrogen and oxygen atoms in total. The van der Waals surface area contributed by atoms with Gasteiger partial charge in [-0.1, -0.05) is 50.4 Å². The van der Waals surface area contributed by atoms with Crippen molar-refractivity contribution in [2.24, 2.45) is 17.3 Å². The molecule has 2 unspecified atom stereocenters. The van der Waals surface area contributed by atoms with E-state index in [0.717, 1.165) is 63.6 Å². The Hall–Kier alpha value is -2.05. The van der Waals surface area contributed by atoms with E-state index in [9.17, 15) is 9.59 Å². The first-order valence-electron chi connectivity index (χ1n) is 13.3. The molecule has 5 rings (SSSR count). The maximum absolute atomic E-state index is 13.1. The number of amides is 3. The molecule has 1 heterocycles. The molecule has 3 amide bonds. The molecule has 1 N–H and O–H groups in total. The zero-order valence-corrected chi connectivity index (χ0v) is 22.3. The summed E-state index contributed by atoms with van der Waals surface area (Å²) in [6.07, 6.45) is 7.50. The van der Waals surface area contributed by atoms with Gasteiger partial charge in [0.05, 0.1) is 0 Å². The molecule has 1 saturated carbocycles. The number of nitrogens with zero attached hydrogens (tertiary/aromatic N) is 3. The maximum Gasteiger partial charge on any atom is 0.321 e. The molecule has 35 heavy (non-hydrogen) atoms. The summed E-state index contributed by atoms with van der Waals surface area (Å²) in [5, 5.41) is 3.60. The molecule has 2 fully saturated rings. The van der Waals surface area contributed by atoms with Gasteiger partial charge in [0.1, 0.15) is 0 Å². The number of urea groups is 1. The molecular formula is C28H41ClN4O2. The molecule has 4 aliphatic rings. The number of nitrogens with one attached hydrogen (secondary N) is 1. The Balaban J connectivity index is 1.27. The summed E-state index contributed by atoms with van der Waals surface area (Å²) in [4.78, 5) is 32.0. The molecule has 3 aliphatic carbocycles. The lowest BCUT2D eigenvalue weighted by Gasteiger charge is -2.57. The molecule has 7 heteroatoms. The topological polar surface area (TPSA) is 55.9 Å².